The molecule has 0 bridgehead atoms. The van der Waals surface area contributed by atoms with Crippen molar-refractivity contribution in [3.8, 4) is 11.5 Å². The molecule has 0 aromatic heterocycles. The molecule has 0 heterocycles. The van der Waals surface area contributed by atoms with E-state index >= 15 is 0 Å². The third-order valence-corrected chi connectivity index (χ3v) is 5.30. The van der Waals surface area contributed by atoms with Crippen LogP contribution in [0.15, 0.2) is 54.6 Å². The fourth-order valence-corrected chi connectivity index (χ4v) is 3.91. The molecular weight excluding hydrogens is 371 g/mol. The summed E-state index contributed by atoms with van der Waals surface area (Å²) in [6, 6.07) is 16.3. The van der Waals surface area contributed by atoms with Gasteiger partial charge in [-0.2, -0.15) is 0 Å². The lowest BCUT2D eigenvalue weighted by atomic mass is 10.1. The topological polar surface area (TPSA) is 44.8 Å². The number of phosphoric ester groups is 1. The van der Waals surface area contributed by atoms with Gasteiger partial charge in [-0.15, -0.1) is 11.6 Å². The third-order valence-electron chi connectivity index (χ3n) is 3.75. The van der Waals surface area contributed by atoms with E-state index in [4.69, 9.17) is 25.2 Å². The zero-order valence-corrected chi connectivity index (χ0v) is 16.8. The fraction of sp³-hybridized carbons (Fsp3) is 0.400. The third kappa shape index (κ3) is 7.03. The van der Waals surface area contributed by atoms with Crippen LogP contribution in [0, 0.1) is 0 Å². The highest BCUT2D eigenvalue weighted by Gasteiger charge is 2.31. The molecule has 0 saturated heterocycles. The molecule has 4 nitrogen and oxygen atoms in total. The van der Waals surface area contributed by atoms with Gasteiger partial charge >= 0.3 is 7.82 Å². The monoisotopic (exact) mass is 396 g/mol. The molecule has 26 heavy (non-hydrogen) atoms. The van der Waals surface area contributed by atoms with Gasteiger partial charge in [-0.3, -0.25) is 4.52 Å². The second kappa shape index (κ2) is 11.3. The number of unbranched alkanes of at least 4 members (excludes halogenated alkanes) is 3. The van der Waals surface area contributed by atoms with Gasteiger partial charge in [0.1, 0.15) is 11.5 Å². The van der Waals surface area contributed by atoms with E-state index in [1.807, 2.05) is 36.4 Å². The van der Waals surface area contributed by atoms with Crippen LogP contribution in [0.2, 0.25) is 0 Å². The lowest BCUT2D eigenvalue weighted by Gasteiger charge is -2.20. The summed E-state index contributed by atoms with van der Waals surface area (Å²) in [6.07, 6.45) is 4.68. The Labute approximate surface area is 161 Å². The molecule has 0 aliphatic carbocycles. The maximum atomic E-state index is 13.2. The van der Waals surface area contributed by atoms with Crippen molar-refractivity contribution in [1.29, 1.82) is 0 Å². The largest absolute Gasteiger partial charge is 0.587 e. The van der Waals surface area contributed by atoms with Crippen molar-refractivity contribution in [2.24, 2.45) is 0 Å². The quantitative estimate of drug-likeness (QED) is 0.229. The molecule has 0 aliphatic heterocycles. The van der Waals surface area contributed by atoms with Gasteiger partial charge in [-0.05, 0) is 36.6 Å². The SMILES string of the molecule is CCCCCCOP(=O)(Oc1ccccc1)Oc1ccccc1CCCl. The second-order valence-electron chi connectivity index (χ2n) is 5.88. The van der Waals surface area contributed by atoms with Crippen molar-refractivity contribution in [3.63, 3.8) is 0 Å². The van der Waals surface area contributed by atoms with E-state index in [9.17, 15) is 4.57 Å². The smallest absolute Gasteiger partial charge is 0.395 e. The standard InChI is InChI=1S/C20H26ClO4P/c1-2-3-4-10-17-23-26(22,24-19-12-6-5-7-13-19)25-20-14-9-8-11-18(20)15-16-21/h5-9,11-14H,2-4,10,15-17H2,1H3. The van der Waals surface area contributed by atoms with E-state index in [1.165, 1.54) is 0 Å². The first-order valence-corrected chi connectivity index (χ1v) is 11.0. The zero-order valence-electron chi connectivity index (χ0n) is 15.1. The summed E-state index contributed by atoms with van der Waals surface area (Å²) in [4.78, 5) is 0. The minimum Gasteiger partial charge on any atom is -0.395 e. The minimum absolute atomic E-state index is 0.321. The Kier molecular flexibility index (Phi) is 9.04. The summed E-state index contributed by atoms with van der Waals surface area (Å²) >= 11 is 5.85. The average Bonchev–Trinajstić information content (AvgIpc) is 2.64. The van der Waals surface area contributed by atoms with E-state index < -0.39 is 7.82 Å². The Morgan fingerprint density at radius 3 is 2.38 bits per heavy atom. The predicted molar refractivity (Wildman–Crippen MR) is 106 cm³/mol. The normalized spacial score (nSPS) is 13.2. The summed E-state index contributed by atoms with van der Waals surface area (Å²) in [7, 11) is -3.81. The molecule has 0 aliphatic rings. The Hall–Kier alpha value is -1.48. The first kappa shape index (κ1) is 20.8. The molecule has 0 saturated carbocycles. The van der Waals surface area contributed by atoms with Crippen LogP contribution in [0.4, 0.5) is 0 Å². The van der Waals surface area contributed by atoms with Crippen LogP contribution >= 0.6 is 19.4 Å². The van der Waals surface area contributed by atoms with Gasteiger partial charge in [0.05, 0.1) is 6.61 Å². The lowest BCUT2D eigenvalue weighted by Crippen LogP contribution is -2.07. The van der Waals surface area contributed by atoms with Gasteiger partial charge in [0, 0.05) is 5.88 Å². The van der Waals surface area contributed by atoms with Gasteiger partial charge in [0.2, 0.25) is 0 Å². The van der Waals surface area contributed by atoms with Crippen molar-refractivity contribution in [2.75, 3.05) is 12.5 Å². The molecule has 0 spiro atoms. The Morgan fingerprint density at radius 1 is 0.923 bits per heavy atom. The Morgan fingerprint density at radius 2 is 1.65 bits per heavy atom. The number of hydrogen-bond acceptors (Lipinski definition) is 4. The molecule has 142 valence electrons. The maximum Gasteiger partial charge on any atom is 0.587 e. The molecule has 0 fully saturated rings. The Balaban J connectivity index is 2.13. The highest BCUT2D eigenvalue weighted by atomic mass is 35.5. The van der Waals surface area contributed by atoms with E-state index in [0.717, 1.165) is 31.2 Å². The van der Waals surface area contributed by atoms with Crippen LogP contribution in [-0.4, -0.2) is 12.5 Å². The van der Waals surface area contributed by atoms with Gasteiger partial charge in [0.25, 0.3) is 0 Å². The Bertz CT molecular complexity index is 693. The van der Waals surface area contributed by atoms with Crippen molar-refractivity contribution in [2.45, 2.75) is 39.0 Å². The van der Waals surface area contributed by atoms with E-state index in [1.54, 1.807) is 18.2 Å². The molecule has 0 radical (unpaired) electrons. The molecule has 2 aromatic rings. The molecule has 0 N–H and O–H groups in total. The second-order valence-corrected chi connectivity index (χ2v) is 7.78. The summed E-state index contributed by atoms with van der Waals surface area (Å²) in [6.45, 7) is 2.46. The summed E-state index contributed by atoms with van der Waals surface area (Å²) in [5, 5.41) is 0. The number of aryl methyl sites for hydroxylation is 1. The number of rotatable bonds is 12. The summed E-state index contributed by atoms with van der Waals surface area (Å²) in [5.74, 6) is 1.36. The number of phosphoric acid groups is 1. The van der Waals surface area contributed by atoms with Crippen LogP contribution in [-0.2, 0) is 15.5 Å². The van der Waals surface area contributed by atoms with Gasteiger partial charge in [0.15, 0.2) is 0 Å². The van der Waals surface area contributed by atoms with Gasteiger partial charge < -0.3 is 9.05 Å². The molecule has 0 amide bonds. The average molecular weight is 397 g/mol. The van der Waals surface area contributed by atoms with Crippen molar-refractivity contribution >= 4 is 19.4 Å². The van der Waals surface area contributed by atoms with Crippen LogP contribution in [0.25, 0.3) is 0 Å². The van der Waals surface area contributed by atoms with Crippen molar-refractivity contribution < 1.29 is 18.1 Å². The fourth-order valence-electron chi connectivity index (χ4n) is 2.41. The minimum atomic E-state index is -3.81. The molecule has 1 unspecified atom stereocenters. The summed E-state index contributed by atoms with van der Waals surface area (Å²) < 4.78 is 30.2. The molecule has 2 rings (SSSR count). The van der Waals surface area contributed by atoms with E-state index in [2.05, 4.69) is 6.92 Å². The number of hydrogen-bond donors (Lipinski definition) is 0. The highest BCUT2D eigenvalue weighted by Crippen LogP contribution is 2.50. The first-order valence-electron chi connectivity index (χ1n) is 8.99. The van der Waals surface area contributed by atoms with E-state index in [-0.39, 0.29) is 0 Å². The van der Waals surface area contributed by atoms with Crippen LogP contribution in [0.3, 0.4) is 0 Å². The van der Waals surface area contributed by atoms with Crippen molar-refractivity contribution in [1.82, 2.24) is 0 Å². The van der Waals surface area contributed by atoms with Crippen LogP contribution in [0.5, 0.6) is 11.5 Å². The molecular formula is C20H26ClO4P. The molecule has 1 atom stereocenters. The maximum absolute atomic E-state index is 13.2. The zero-order chi connectivity index (χ0) is 18.7. The van der Waals surface area contributed by atoms with Crippen LogP contribution in [0.1, 0.15) is 38.2 Å². The molecule has 6 heteroatoms. The first-order chi connectivity index (χ1) is 12.7. The molecule has 2 aromatic carbocycles. The lowest BCUT2D eigenvalue weighted by molar-refractivity contribution is 0.205. The van der Waals surface area contributed by atoms with Crippen molar-refractivity contribution in [3.05, 3.63) is 60.2 Å². The summed E-state index contributed by atoms with van der Waals surface area (Å²) in [5.41, 5.74) is 0.869. The number of halogens is 1. The number of para-hydroxylation sites is 2. The highest BCUT2D eigenvalue weighted by molar-refractivity contribution is 7.49. The van der Waals surface area contributed by atoms with E-state index in [0.29, 0.717) is 30.4 Å². The van der Waals surface area contributed by atoms with Gasteiger partial charge in [-0.1, -0.05) is 62.6 Å². The van der Waals surface area contributed by atoms with Crippen LogP contribution < -0.4 is 9.05 Å². The number of alkyl halides is 1. The van der Waals surface area contributed by atoms with Gasteiger partial charge in [-0.25, -0.2) is 4.57 Å². The predicted octanol–water partition coefficient (Wildman–Crippen LogP) is 6.63. The number of benzene rings is 2.